The van der Waals surface area contributed by atoms with E-state index in [1.165, 1.54) is 6.07 Å². The summed E-state index contributed by atoms with van der Waals surface area (Å²) in [6.45, 7) is 2.21. The maximum atomic E-state index is 12.6. The first-order valence-electron chi connectivity index (χ1n) is 8.15. The van der Waals surface area contributed by atoms with Crippen LogP contribution in [0, 0.1) is 6.92 Å². The van der Waals surface area contributed by atoms with E-state index in [4.69, 9.17) is 4.74 Å². The van der Waals surface area contributed by atoms with Crippen LogP contribution in [-0.4, -0.2) is 12.6 Å². The largest absolute Gasteiger partial charge is 0.445 e. The summed E-state index contributed by atoms with van der Waals surface area (Å²) in [5.41, 5.74) is 1.51. The molecule has 0 atom stereocenters. The van der Waals surface area contributed by atoms with E-state index >= 15 is 0 Å². The summed E-state index contributed by atoms with van der Waals surface area (Å²) >= 11 is 0. The SMILES string of the molecule is Cc1cc(C(F)(F)F)ccc1C=CCCNC(=O)OCc1ccccc1. The second-order valence-corrected chi connectivity index (χ2v) is 5.75. The van der Waals surface area contributed by atoms with Crippen molar-refractivity contribution in [3.05, 3.63) is 76.9 Å². The number of alkyl carbamates (subject to hydrolysis) is 1. The Labute approximate surface area is 150 Å². The Bertz CT molecular complexity index is 755. The predicted octanol–water partition coefficient (Wildman–Crippen LogP) is 5.34. The van der Waals surface area contributed by atoms with Crippen molar-refractivity contribution in [2.24, 2.45) is 0 Å². The van der Waals surface area contributed by atoms with Crippen LogP contribution in [0.4, 0.5) is 18.0 Å². The molecule has 2 aromatic carbocycles. The molecule has 0 radical (unpaired) electrons. The molecule has 6 heteroatoms. The number of benzene rings is 2. The summed E-state index contributed by atoms with van der Waals surface area (Å²) in [6, 6.07) is 13.0. The number of alkyl halides is 3. The number of aryl methyl sites for hydroxylation is 1. The molecule has 0 aliphatic rings. The molecule has 0 saturated carbocycles. The van der Waals surface area contributed by atoms with Gasteiger partial charge >= 0.3 is 12.3 Å². The molecule has 0 heterocycles. The highest BCUT2D eigenvalue weighted by Crippen LogP contribution is 2.30. The smallest absolute Gasteiger partial charge is 0.416 e. The molecule has 0 spiro atoms. The lowest BCUT2D eigenvalue weighted by molar-refractivity contribution is -0.137. The van der Waals surface area contributed by atoms with E-state index in [-0.39, 0.29) is 6.61 Å². The fourth-order valence-electron chi connectivity index (χ4n) is 2.28. The maximum absolute atomic E-state index is 12.6. The number of amides is 1. The lowest BCUT2D eigenvalue weighted by Crippen LogP contribution is -2.24. The predicted molar refractivity (Wildman–Crippen MR) is 94.5 cm³/mol. The Balaban J connectivity index is 1.73. The van der Waals surface area contributed by atoms with E-state index in [0.29, 0.717) is 24.1 Å². The second kappa shape index (κ2) is 9.08. The zero-order valence-corrected chi connectivity index (χ0v) is 14.3. The Morgan fingerprint density at radius 1 is 1.15 bits per heavy atom. The van der Waals surface area contributed by atoms with Gasteiger partial charge in [-0.3, -0.25) is 0 Å². The molecule has 138 valence electrons. The van der Waals surface area contributed by atoms with Crippen LogP contribution in [0.5, 0.6) is 0 Å². The minimum absolute atomic E-state index is 0.202. The number of carbonyl (C=O) groups excluding carboxylic acids is 1. The van der Waals surface area contributed by atoms with Crippen molar-refractivity contribution in [1.29, 1.82) is 0 Å². The number of hydrogen-bond acceptors (Lipinski definition) is 2. The zero-order valence-electron chi connectivity index (χ0n) is 14.3. The van der Waals surface area contributed by atoms with Gasteiger partial charge in [-0.05, 0) is 42.2 Å². The summed E-state index contributed by atoms with van der Waals surface area (Å²) < 4.78 is 43.0. The number of halogens is 3. The minimum Gasteiger partial charge on any atom is -0.445 e. The third-order valence-corrected chi connectivity index (χ3v) is 3.69. The van der Waals surface area contributed by atoms with Gasteiger partial charge in [0, 0.05) is 6.54 Å². The van der Waals surface area contributed by atoms with Crippen molar-refractivity contribution >= 4 is 12.2 Å². The van der Waals surface area contributed by atoms with Gasteiger partial charge < -0.3 is 10.1 Å². The van der Waals surface area contributed by atoms with Crippen LogP contribution in [-0.2, 0) is 17.5 Å². The highest BCUT2D eigenvalue weighted by atomic mass is 19.4. The lowest BCUT2D eigenvalue weighted by atomic mass is 10.0. The van der Waals surface area contributed by atoms with Crippen molar-refractivity contribution in [3.63, 3.8) is 0 Å². The molecule has 0 aromatic heterocycles. The average Bonchev–Trinajstić information content (AvgIpc) is 2.61. The van der Waals surface area contributed by atoms with Crippen molar-refractivity contribution in [3.8, 4) is 0 Å². The Kier molecular flexibility index (Phi) is 6.83. The molecular weight excluding hydrogens is 343 g/mol. The number of ether oxygens (including phenoxy) is 1. The molecule has 0 bridgehead atoms. The number of carbonyl (C=O) groups is 1. The molecular formula is C20H20F3NO2. The topological polar surface area (TPSA) is 38.3 Å². The van der Waals surface area contributed by atoms with Gasteiger partial charge in [0.05, 0.1) is 5.56 Å². The van der Waals surface area contributed by atoms with Crippen LogP contribution in [0.2, 0.25) is 0 Å². The van der Waals surface area contributed by atoms with E-state index in [2.05, 4.69) is 5.32 Å². The molecule has 0 aliphatic carbocycles. The van der Waals surface area contributed by atoms with E-state index in [9.17, 15) is 18.0 Å². The van der Waals surface area contributed by atoms with Crippen molar-refractivity contribution in [2.45, 2.75) is 26.1 Å². The summed E-state index contributed by atoms with van der Waals surface area (Å²) in [5, 5.41) is 2.62. The molecule has 2 rings (SSSR count). The number of nitrogens with one attached hydrogen (secondary N) is 1. The third-order valence-electron chi connectivity index (χ3n) is 3.69. The summed E-state index contributed by atoms with van der Waals surface area (Å²) in [6.07, 6.45) is -0.759. The molecule has 0 fully saturated rings. The molecule has 2 aromatic rings. The van der Waals surface area contributed by atoms with Crippen LogP contribution in [0.3, 0.4) is 0 Å². The lowest BCUT2D eigenvalue weighted by Gasteiger charge is -2.09. The van der Waals surface area contributed by atoms with Gasteiger partial charge in [0.1, 0.15) is 6.61 Å². The Morgan fingerprint density at radius 3 is 2.54 bits per heavy atom. The molecule has 26 heavy (non-hydrogen) atoms. The minimum atomic E-state index is -4.34. The quantitative estimate of drug-likeness (QED) is 0.703. The van der Waals surface area contributed by atoms with Gasteiger partial charge in [-0.25, -0.2) is 4.79 Å². The monoisotopic (exact) mass is 363 g/mol. The van der Waals surface area contributed by atoms with Crippen molar-refractivity contribution in [1.82, 2.24) is 5.32 Å². The van der Waals surface area contributed by atoms with E-state index in [1.807, 2.05) is 30.3 Å². The van der Waals surface area contributed by atoms with Gasteiger partial charge in [-0.2, -0.15) is 13.2 Å². The summed E-state index contributed by atoms with van der Waals surface area (Å²) in [4.78, 5) is 11.6. The first kappa shape index (κ1) is 19.6. The Hall–Kier alpha value is -2.76. The van der Waals surface area contributed by atoms with Gasteiger partial charge in [0.15, 0.2) is 0 Å². The zero-order chi connectivity index (χ0) is 19.0. The molecule has 0 unspecified atom stereocenters. The van der Waals surface area contributed by atoms with Gasteiger partial charge in [-0.1, -0.05) is 48.6 Å². The second-order valence-electron chi connectivity index (χ2n) is 5.75. The van der Waals surface area contributed by atoms with Crippen LogP contribution in [0.1, 0.15) is 28.7 Å². The highest BCUT2D eigenvalue weighted by Gasteiger charge is 2.30. The van der Waals surface area contributed by atoms with Gasteiger partial charge in [0.2, 0.25) is 0 Å². The van der Waals surface area contributed by atoms with Gasteiger partial charge in [-0.15, -0.1) is 0 Å². The fourth-order valence-corrected chi connectivity index (χ4v) is 2.28. The Morgan fingerprint density at radius 2 is 1.88 bits per heavy atom. The summed E-state index contributed by atoms with van der Waals surface area (Å²) in [5.74, 6) is 0. The first-order valence-corrected chi connectivity index (χ1v) is 8.15. The summed E-state index contributed by atoms with van der Waals surface area (Å²) in [7, 11) is 0. The average molecular weight is 363 g/mol. The standard InChI is InChI=1S/C20H20F3NO2/c1-15-13-18(20(21,22)23)11-10-17(15)9-5-6-12-24-19(25)26-14-16-7-3-2-4-8-16/h2-5,7-11,13H,6,12,14H2,1H3,(H,24,25). The molecule has 0 saturated heterocycles. The fraction of sp³-hybridized carbons (Fsp3) is 0.250. The number of rotatable bonds is 6. The van der Waals surface area contributed by atoms with Crippen LogP contribution >= 0.6 is 0 Å². The maximum Gasteiger partial charge on any atom is 0.416 e. The third kappa shape index (κ3) is 6.27. The molecule has 1 N–H and O–H groups in total. The first-order chi connectivity index (χ1) is 12.4. The van der Waals surface area contributed by atoms with E-state index < -0.39 is 17.8 Å². The molecule has 3 nitrogen and oxygen atoms in total. The van der Waals surface area contributed by atoms with E-state index in [0.717, 1.165) is 17.7 Å². The van der Waals surface area contributed by atoms with Crippen LogP contribution in [0.15, 0.2) is 54.6 Å². The normalized spacial score (nSPS) is 11.5. The van der Waals surface area contributed by atoms with Crippen molar-refractivity contribution < 1.29 is 22.7 Å². The molecule has 1 amide bonds. The van der Waals surface area contributed by atoms with Crippen LogP contribution < -0.4 is 5.32 Å². The van der Waals surface area contributed by atoms with Gasteiger partial charge in [0.25, 0.3) is 0 Å². The van der Waals surface area contributed by atoms with Crippen molar-refractivity contribution in [2.75, 3.05) is 6.54 Å². The van der Waals surface area contributed by atoms with E-state index in [1.54, 1.807) is 19.1 Å². The van der Waals surface area contributed by atoms with Crippen LogP contribution in [0.25, 0.3) is 6.08 Å². The highest BCUT2D eigenvalue weighted by molar-refractivity contribution is 5.67. The molecule has 0 aliphatic heterocycles. The number of hydrogen-bond donors (Lipinski definition) is 1.